The lowest BCUT2D eigenvalue weighted by Gasteiger charge is -2.09. The fourth-order valence-electron chi connectivity index (χ4n) is 2.45. The topological polar surface area (TPSA) is 64.3 Å². The molecule has 1 aromatic heterocycles. The van der Waals surface area contributed by atoms with Crippen LogP contribution in [0.15, 0.2) is 57.7 Å². The molecule has 0 fully saturated rings. The van der Waals surface area contributed by atoms with Crippen molar-refractivity contribution in [2.45, 2.75) is 6.92 Å². The highest BCUT2D eigenvalue weighted by molar-refractivity contribution is 6.30. The lowest BCUT2D eigenvalue weighted by Crippen LogP contribution is -2.19. The molecule has 3 aromatic rings. The predicted octanol–water partition coefficient (Wildman–Crippen LogP) is 3.88. The van der Waals surface area contributed by atoms with Gasteiger partial charge in [0, 0.05) is 16.0 Å². The van der Waals surface area contributed by atoms with Gasteiger partial charge < -0.3 is 4.42 Å². The molecule has 0 bridgehead atoms. The highest BCUT2D eigenvalue weighted by Gasteiger charge is 2.24. The second-order valence-corrected chi connectivity index (χ2v) is 5.46. The number of carbonyl (C=O) groups excluding carboxylic acids is 2. The second kappa shape index (κ2) is 5.82. The maximum absolute atomic E-state index is 12.9. The Balaban J connectivity index is 2.36. The Labute approximate surface area is 136 Å². The first-order valence-corrected chi connectivity index (χ1v) is 7.24. The van der Waals surface area contributed by atoms with Crippen LogP contribution in [-0.2, 0) is 0 Å². The SMILES string of the molecule is CC(=O)c1c(C(=O)c2ccc(Cl)cc2)c2ccccc2oc1=O. The molecular weight excluding hydrogens is 316 g/mol. The molecule has 5 heteroatoms. The Morgan fingerprint density at radius 1 is 0.957 bits per heavy atom. The number of ketones is 2. The summed E-state index contributed by atoms with van der Waals surface area (Å²) in [5.41, 5.74) is -0.378. The van der Waals surface area contributed by atoms with Gasteiger partial charge in [-0.25, -0.2) is 4.79 Å². The Hall–Kier alpha value is -2.72. The Kier molecular flexibility index (Phi) is 3.84. The number of para-hydroxylation sites is 1. The van der Waals surface area contributed by atoms with Crippen molar-refractivity contribution in [2.24, 2.45) is 0 Å². The van der Waals surface area contributed by atoms with Crippen LogP contribution in [0.3, 0.4) is 0 Å². The third-order valence-corrected chi connectivity index (χ3v) is 3.75. The van der Waals surface area contributed by atoms with Crippen molar-refractivity contribution >= 4 is 34.1 Å². The van der Waals surface area contributed by atoms with Gasteiger partial charge in [0.1, 0.15) is 11.1 Å². The van der Waals surface area contributed by atoms with Gasteiger partial charge in [0.15, 0.2) is 11.6 Å². The number of halogens is 1. The van der Waals surface area contributed by atoms with E-state index in [9.17, 15) is 14.4 Å². The van der Waals surface area contributed by atoms with Crippen LogP contribution < -0.4 is 5.63 Å². The van der Waals surface area contributed by atoms with Crippen molar-refractivity contribution in [2.75, 3.05) is 0 Å². The minimum Gasteiger partial charge on any atom is -0.422 e. The number of fused-ring (bicyclic) bond motifs is 1. The van der Waals surface area contributed by atoms with Gasteiger partial charge in [0.25, 0.3) is 0 Å². The first kappa shape index (κ1) is 15.2. The van der Waals surface area contributed by atoms with Crippen molar-refractivity contribution < 1.29 is 14.0 Å². The molecule has 3 rings (SSSR count). The minimum atomic E-state index is -0.812. The molecule has 0 saturated carbocycles. The van der Waals surface area contributed by atoms with Gasteiger partial charge in [-0.15, -0.1) is 0 Å². The van der Waals surface area contributed by atoms with Crippen molar-refractivity contribution in [1.82, 2.24) is 0 Å². The molecule has 0 atom stereocenters. The summed E-state index contributed by atoms with van der Waals surface area (Å²) in [6, 6.07) is 12.9. The molecule has 0 aliphatic rings. The van der Waals surface area contributed by atoms with Crippen molar-refractivity contribution in [3.05, 3.63) is 80.7 Å². The van der Waals surface area contributed by atoms with Crippen LogP contribution in [0.4, 0.5) is 0 Å². The van der Waals surface area contributed by atoms with E-state index in [1.54, 1.807) is 48.5 Å². The third kappa shape index (κ3) is 2.69. The Morgan fingerprint density at radius 2 is 1.61 bits per heavy atom. The highest BCUT2D eigenvalue weighted by atomic mass is 35.5. The summed E-state index contributed by atoms with van der Waals surface area (Å²) in [5, 5.41) is 0.919. The van der Waals surface area contributed by atoms with Crippen LogP contribution in [0.1, 0.15) is 33.2 Å². The summed E-state index contributed by atoms with van der Waals surface area (Å²) in [7, 11) is 0. The van der Waals surface area contributed by atoms with E-state index in [0.29, 0.717) is 16.0 Å². The van der Waals surface area contributed by atoms with Crippen LogP contribution in [0.2, 0.25) is 5.02 Å². The predicted molar refractivity (Wildman–Crippen MR) is 87.4 cm³/mol. The number of benzene rings is 2. The van der Waals surface area contributed by atoms with Gasteiger partial charge in [0.2, 0.25) is 0 Å². The van der Waals surface area contributed by atoms with Gasteiger partial charge in [-0.2, -0.15) is 0 Å². The fourth-order valence-corrected chi connectivity index (χ4v) is 2.58. The minimum absolute atomic E-state index is 0.0617. The summed E-state index contributed by atoms with van der Waals surface area (Å²) in [4.78, 5) is 36.9. The maximum atomic E-state index is 12.9. The van der Waals surface area contributed by atoms with E-state index < -0.39 is 17.2 Å². The van der Waals surface area contributed by atoms with Gasteiger partial charge in [0.05, 0.1) is 5.56 Å². The van der Waals surface area contributed by atoms with E-state index in [-0.39, 0.29) is 16.7 Å². The molecule has 0 aliphatic carbocycles. The van der Waals surface area contributed by atoms with E-state index in [1.807, 2.05) is 0 Å². The molecule has 23 heavy (non-hydrogen) atoms. The largest absolute Gasteiger partial charge is 0.422 e. The van der Waals surface area contributed by atoms with Crippen LogP contribution in [0.25, 0.3) is 11.0 Å². The van der Waals surface area contributed by atoms with Crippen molar-refractivity contribution in [3.63, 3.8) is 0 Å². The number of carbonyl (C=O) groups is 2. The number of Topliss-reactive ketones (excluding diaryl/α,β-unsaturated/α-hetero) is 1. The summed E-state index contributed by atoms with van der Waals surface area (Å²) >= 11 is 5.83. The molecule has 4 nitrogen and oxygen atoms in total. The average molecular weight is 327 g/mol. The summed E-state index contributed by atoms with van der Waals surface area (Å²) < 4.78 is 5.15. The standard InChI is InChI=1S/C18H11ClO4/c1-10(20)15-16(17(21)11-6-8-12(19)9-7-11)13-4-2-3-5-14(13)23-18(15)22/h2-9H,1H3. The molecule has 1 heterocycles. The van der Waals surface area contributed by atoms with Gasteiger partial charge >= 0.3 is 5.63 Å². The molecular formula is C18H11ClO4. The van der Waals surface area contributed by atoms with Crippen LogP contribution >= 0.6 is 11.6 Å². The molecule has 2 aromatic carbocycles. The number of hydrogen-bond donors (Lipinski definition) is 0. The molecule has 114 valence electrons. The van der Waals surface area contributed by atoms with E-state index >= 15 is 0 Å². The van der Waals surface area contributed by atoms with Crippen molar-refractivity contribution in [1.29, 1.82) is 0 Å². The number of rotatable bonds is 3. The quantitative estimate of drug-likeness (QED) is 0.541. The van der Waals surface area contributed by atoms with Gasteiger partial charge in [-0.05, 0) is 37.3 Å². The first-order valence-electron chi connectivity index (χ1n) is 6.86. The smallest absolute Gasteiger partial charge is 0.347 e. The number of hydrogen-bond acceptors (Lipinski definition) is 4. The third-order valence-electron chi connectivity index (χ3n) is 3.50. The lowest BCUT2D eigenvalue weighted by atomic mass is 9.94. The molecule has 0 aliphatic heterocycles. The Bertz CT molecular complexity index is 984. The molecule has 0 amide bonds. The second-order valence-electron chi connectivity index (χ2n) is 5.03. The average Bonchev–Trinajstić information content (AvgIpc) is 2.53. The highest BCUT2D eigenvalue weighted by Crippen LogP contribution is 2.24. The Morgan fingerprint density at radius 3 is 2.26 bits per heavy atom. The normalized spacial score (nSPS) is 10.7. The zero-order chi connectivity index (χ0) is 16.6. The van der Waals surface area contributed by atoms with E-state index in [4.69, 9.17) is 16.0 Å². The molecule has 0 radical (unpaired) electrons. The zero-order valence-electron chi connectivity index (χ0n) is 12.1. The van der Waals surface area contributed by atoms with E-state index in [0.717, 1.165) is 0 Å². The lowest BCUT2D eigenvalue weighted by molar-refractivity contribution is 0.0987. The monoisotopic (exact) mass is 326 g/mol. The van der Waals surface area contributed by atoms with E-state index in [2.05, 4.69) is 0 Å². The fraction of sp³-hybridized carbons (Fsp3) is 0.0556. The summed E-state index contributed by atoms with van der Waals surface area (Å²) in [6.07, 6.45) is 0. The molecule has 0 saturated heterocycles. The molecule has 0 N–H and O–H groups in total. The summed E-state index contributed by atoms with van der Waals surface area (Å²) in [6.45, 7) is 1.24. The van der Waals surface area contributed by atoms with Gasteiger partial charge in [-0.3, -0.25) is 9.59 Å². The molecule has 0 spiro atoms. The summed E-state index contributed by atoms with van der Waals surface area (Å²) in [5.74, 6) is -0.933. The van der Waals surface area contributed by atoms with Crippen LogP contribution in [0.5, 0.6) is 0 Å². The van der Waals surface area contributed by atoms with Gasteiger partial charge in [-0.1, -0.05) is 29.8 Å². The van der Waals surface area contributed by atoms with Crippen LogP contribution in [0, 0.1) is 0 Å². The van der Waals surface area contributed by atoms with Crippen LogP contribution in [-0.4, -0.2) is 11.6 Å². The first-order chi connectivity index (χ1) is 11.0. The molecule has 0 unspecified atom stereocenters. The maximum Gasteiger partial charge on any atom is 0.347 e. The zero-order valence-corrected chi connectivity index (χ0v) is 12.9. The van der Waals surface area contributed by atoms with E-state index in [1.165, 1.54) is 6.92 Å². The van der Waals surface area contributed by atoms with Crippen molar-refractivity contribution in [3.8, 4) is 0 Å².